The first kappa shape index (κ1) is 16.3. The first-order valence-corrected chi connectivity index (χ1v) is 8.03. The average molecular weight is 354 g/mol. The highest BCUT2D eigenvalue weighted by Gasteiger charge is 2.17. The molecule has 0 amide bonds. The number of hydrogen-bond acceptors (Lipinski definition) is 3. The van der Waals surface area contributed by atoms with Crippen molar-refractivity contribution in [3.63, 3.8) is 0 Å². The highest BCUT2D eigenvalue weighted by atomic mass is 19.2. The SMILES string of the molecule is Cn1nc(C(O)Nc2c[nH]c3cc(F)c(F)cc23)cc1-c1ccccc1. The third-order valence-corrected chi connectivity index (χ3v) is 4.26. The number of nitrogens with one attached hydrogen (secondary N) is 2. The number of halogens is 2. The third kappa shape index (κ3) is 2.82. The molecule has 4 aromatic rings. The molecule has 0 saturated carbocycles. The number of anilines is 1. The lowest BCUT2D eigenvalue weighted by Gasteiger charge is -2.10. The number of aliphatic hydroxyl groups excluding tert-OH is 1. The first-order chi connectivity index (χ1) is 12.5. The van der Waals surface area contributed by atoms with Gasteiger partial charge in [-0.05, 0) is 17.7 Å². The van der Waals surface area contributed by atoms with Gasteiger partial charge in [0.25, 0.3) is 0 Å². The number of aromatic amines is 1. The topological polar surface area (TPSA) is 65.9 Å². The van der Waals surface area contributed by atoms with Crippen LogP contribution in [0.2, 0.25) is 0 Å². The van der Waals surface area contributed by atoms with Gasteiger partial charge in [-0.2, -0.15) is 5.10 Å². The predicted molar refractivity (Wildman–Crippen MR) is 95.4 cm³/mol. The van der Waals surface area contributed by atoms with Gasteiger partial charge in [-0.1, -0.05) is 30.3 Å². The number of H-pyrrole nitrogens is 1. The molecule has 2 aromatic carbocycles. The van der Waals surface area contributed by atoms with Crippen LogP contribution in [0.25, 0.3) is 22.2 Å². The number of fused-ring (bicyclic) bond motifs is 1. The van der Waals surface area contributed by atoms with E-state index >= 15 is 0 Å². The van der Waals surface area contributed by atoms with E-state index in [0.717, 1.165) is 23.4 Å². The molecule has 0 radical (unpaired) electrons. The molecule has 0 saturated heterocycles. The highest BCUT2D eigenvalue weighted by Crippen LogP contribution is 2.29. The molecule has 0 aliphatic heterocycles. The number of aryl methyl sites for hydroxylation is 1. The monoisotopic (exact) mass is 354 g/mol. The maximum absolute atomic E-state index is 13.5. The molecule has 1 atom stereocenters. The molecule has 1 unspecified atom stereocenters. The molecule has 0 fully saturated rings. The summed E-state index contributed by atoms with van der Waals surface area (Å²) in [5.74, 6) is -1.87. The molecule has 0 bridgehead atoms. The van der Waals surface area contributed by atoms with Crippen molar-refractivity contribution in [1.82, 2.24) is 14.8 Å². The van der Waals surface area contributed by atoms with Crippen LogP contribution in [0.15, 0.2) is 54.7 Å². The highest BCUT2D eigenvalue weighted by molar-refractivity contribution is 5.92. The Morgan fingerprint density at radius 3 is 2.62 bits per heavy atom. The molecular weight excluding hydrogens is 338 g/mol. The van der Waals surface area contributed by atoms with Crippen molar-refractivity contribution in [3.8, 4) is 11.3 Å². The summed E-state index contributed by atoms with van der Waals surface area (Å²) in [5.41, 5.74) is 3.14. The average Bonchev–Trinajstić information content (AvgIpc) is 3.20. The van der Waals surface area contributed by atoms with Gasteiger partial charge in [0.15, 0.2) is 17.9 Å². The van der Waals surface area contributed by atoms with Gasteiger partial charge in [-0.15, -0.1) is 0 Å². The zero-order valence-corrected chi connectivity index (χ0v) is 13.9. The van der Waals surface area contributed by atoms with Gasteiger partial charge in [-0.3, -0.25) is 4.68 Å². The van der Waals surface area contributed by atoms with Gasteiger partial charge < -0.3 is 15.4 Å². The van der Waals surface area contributed by atoms with E-state index in [1.165, 1.54) is 0 Å². The van der Waals surface area contributed by atoms with Gasteiger partial charge in [0.05, 0.1) is 16.9 Å². The second kappa shape index (κ2) is 6.27. The van der Waals surface area contributed by atoms with Gasteiger partial charge in [0, 0.05) is 24.7 Å². The van der Waals surface area contributed by atoms with Crippen LogP contribution in [-0.4, -0.2) is 19.9 Å². The van der Waals surface area contributed by atoms with E-state index < -0.39 is 17.9 Å². The van der Waals surface area contributed by atoms with Crippen molar-refractivity contribution in [3.05, 3.63) is 72.1 Å². The van der Waals surface area contributed by atoms with Crippen LogP contribution in [-0.2, 0) is 7.05 Å². The number of hydrogen-bond donors (Lipinski definition) is 3. The second-order valence-electron chi connectivity index (χ2n) is 6.01. The van der Waals surface area contributed by atoms with Crippen LogP contribution in [0.3, 0.4) is 0 Å². The Kier molecular flexibility index (Phi) is 3.93. The van der Waals surface area contributed by atoms with E-state index in [0.29, 0.717) is 22.3 Å². The van der Waals surface area contributed by atoms with Crippen LogP contribution < -0.4 is 5.32 Å². The molecule has 0 aliphatic carbocycles. The lowest BCUT2D eigenvalue weighted by Crippen LogP contribution is -2.10. The minimum atomic E-state index is -1.11. The van der Waals surface area contributed by atoms with Gasteiger partial charge in [0.1, 0.15) is 5.69 Å². The summed E-state index contributed by atoms with van der Waals surface area (Å²) in [6.07, 6.45) is 0.444. The smallest absolute Gasteiger partial charge is 0.169 e. The van der Waals surface area contributed by atoms with E-state index in [1.54, 1.807) is 24.0 Å². The van der Waals surface area contributed by atoms with E-state index in [2.05, 4.69) is 15.4 Å². The van der Waals surface area contributed by atoms with E-state index in [-0.39, 0.29) is 0 Å². The van der Waals surface area contributed by atoms with Crippen molar-refractivity contribution < 1.29 is 13.9 Å². The zero-order valence-electron chi connectivity index (χ0n) is 13.9. The Labute approximate surface area is 147 Å². The number of aliphatic hydroxyl groups is 1. The molecular formula is C19H16F2N4O. The van der Waals surface area contributed by atoms with Gasteiger partial charge >= 0.3 is 0 Å². The predicted octanol–water partition coefficient (Wildman–Crippen LogP) is 3.95. The van der Waals surface area contributed by atoms with Crippen molar-refractivity contribution >= 4 is 16.6 Å². The minimum absolute atomic E-state index is 0.420. The Bertz CT molecular complexity index is 1070. The Morgan fingerprint density at radius 2 is 1.85 bits per heavy atom. The number of benzene rings is 2. The van der Waals surface area contributed by atoms with Crippen LogP contribution in [0.5, 0.6) is 0 Å². The fraction of sp³-hybridized carbons (Fsp3) is 0.105. The first-order valence-electron chi connectivity index (χ1n) is 8.03. The number of rotatable bonds is 4. The van der Waals surface area contributed by atoms with Crippen molar-refractivity contribution in [2.75, 3.05) is 5.32 Å². The minimum Gasteiger partial charge on any atom is -0.368 e. The lowest BCUT2D eigenvalue weighted by atomic mass is 10.1. The normalized spacial score (nSPS) is 12.5. The molecule has 5 nitrogen and oxygen atoms in total. The fourth-order valence-corrected chi connectivity index (χ4v) is 2.96. The summed E-state index contributed by atoms with van der Waals surface area (Å²) in [4.78, 5) is 2.85. The Hall–Kier alpha value is -3.19. The van der Waals surface area contributed by atoms with Crippen molar-refractivity contribution in [2.24, 2.45) is 7.05 Å². The Balaban J connectivity index is 1.63. The van der Waals surface area contributed by atoms with Crippen LogP contribution in [0.4, 0.5) is 14.5 Å². The van der Waals surface area contributed by atoms with Crippen LogP contribution >= 0.6 is 0 Å². The molecule has 0 spiro atoms. The second-order valence-corrected chi connectivity index (χ2v) is 6.01. The van der Waals surface area contributed by atoms with E-state index in [1.807, 2.05) is 30.3 Å². The maximum atomic E-state index is 13.5. The quantitative estimate of drug-likeness (QED) is 0.486. The fourth-order valence-electron chi connectivity index (χ4n) is 2.96. The molecule has 2 heterocycles. The molecule has 3 N–H and O–H groups in total. The summed E-state index contributed by atoms with van der Waals surface area (Å²) in [5, 5.41) is 18.2. The summed E-state index contributed by atoms with van der Waals surface area (Å²) < 4.78 is 28.5. The molecule has 0 aliphatic rings. The van der Waals surface area contributed by atoms with Crippen molar-refractivity contribution in [1.29, 1.82) is 0 Å². The third-order valence-electron chi connectivity index (χ3n) is 4.26. The molecule has 26 heavy (non-hydrogen) atoms. The molecule has 132 valence electrons. The summed E-state index contributed by atoms with van der Waals surface area (Å²) in [6, 6.07) is 13.6. The summed E-state index contributed by atoms with van der Waals surface area (Å²) >= 11 is 0. The Morgan fingerprint density at radius 1 is 1.12 bits per heavy atom. The number of aromatic nitrogens is 3. The zero-order chi connectivity index (χ0) is 18.3. The largest absolute Gasteiger partial charge is 0.368 e. The number of nitrogens with zero attached hydrogens (tertiary/aromatic N) is 2. The lowest BCUT2D eigenvalue weighted by molar-refractivity contribution is 0.202. The molecule has 4 rings (SSSR count). The summed E-state index contributed by atoms with van der Waals surface area (Å²) in [7, 11) is 1.79. The van der Waals surface area contributed by atoms with Crippen LogP contribution in [0.1, 0.15) is 11.9 Å². The molecule has 2 aromatic heterocycles. The van der Waals surface area contributed by atoms with Gasteiger partial charge in [-0.25, -0.2) is 8.78 Å². The van der Waals surface area contributed by atoms with Crippen molar-refractivity contribution in [2.45, 2.75) is 6.23 Å². The standard InChI is InChI=1S/C19H16F2N4O/c1-25-18(11-5-3-2-4-6-11)9-16(24-25)19(26)23-17-10-22-15-8-14(21)13(20)7-12(15)17/h2-10,19,22-23,26H,1H3. The van der Waals surface area contributed by atoms with E-state index in [9.17, 15) is 13.9 Å². The maximum Gasteiger partial charge on any atom is 0.169 e. The van der Waals surface area contributed by atoms with Gasteiger partial charge in [0.2, 0.25) is 0 Å². The van der Waals surface area contributed by atoms with Crippen LogP contribution in [0, 0.1) is 11.6 Å². The molecule has 7 heteroatoms. The van der Waals surface area contributed by atoms with E-state index in [4.69, 9.17) is 0 Å². The summed E-state index contributed by atoms with van der Waals surface area (Å²) in [6.45, 7) is 0.